The van der Waals surface area contributed by atoms with E-state index in [2.05, 4.69) is 6.92 Å². The van der Waals surface area contributed by atoms with Crippen molar-refractivity contribution in [3.8, 4) is 0 Å². The molecule has 212 valence electrons. The van der Waals surface area contributed by atoms with E-state index in [4.69, 9.17) is 4.74 Å². The normalized spacial score (nSPS) is 24.6. The zero-order valence-corrected chi connectivity index (χ0v) is 23.6. The first-order valence-electron chi connectivity index (χ1n) is 15.1. The van der Waals surface area contributed by atoms with Gasteiger partial charge in [0.2, 0.25) is 0 Å². The molecule has 2 aliphatic carbocycles. The number of fused-ring (bicyclic) bond motifs is 1. The Hall–Kier alpha value is -2.63. The molecule has 2 aliphatic rings. The number of allylic oxidation sites excluding steroid dienone is 1. The molecule has 0 heterocycles. The first kappa shape index (κ1) is 29.4. The monoisotopic (exact) mass is 533 g/mol. The molecule has 2 N–H and O–H groups in total. The lowest BCUT2D eigenvalue weighted by molar-refractivity contribution is -0.123. The van der Waals surface area contributed by atoms with Crippen molar-refractivity contribution < 1.29 is 19.7 Å². The number of carbonyl (C=O) groups excluding carboxylic acids is 1. The summed E-state index contributed by atoms with van der Waals surface area (Å²) < 4.78 is 5.91. The lowest BCUT2D eigenvalue weighted by Gasteiger charge is -2.23. The summed E-state index contributed by atoms with van der Waals surface area (Å²) in [4.78, 5) is 14.9. The van der Waals surface area contributed by atoms with Gasteiger partial charge in [-0.15, -0.1) is 0 Å². The molecule has 0 aromatic heterocycles. The summed E-state index contributed by atoms with van der Waals surface area (Å²) in [6.45, 7) is 3.34. The van der Waals surface area contributed by atoms with E-state index in [1.165, 1.54) is 25.7 Å². The lowest BCUT2D eigenvalue weighted by Crippen LogP contribution is -2.33. The highest BCUT2D eigenvalue weighted by Crippen LogP contribution is 2.52. The summed E-state index contributed by atoms with van der Waals surface area (Å²) in [5.74, 6) is 1.59. The Morgan fingerprint density at radius 3 is 2.44 bits per heavy atom. The maximum absolute atomic E-state index is 13.2. The van der Waals surface area contributed by atoms with Crippen molar-refractivity contribution in [1.82, 2.24) is 0 Å². The second-order valence-corrected chi connectivity index (χ2v) is 11.6. The van der Waals surface area contributed by atoms with Gasteiger partial charge in [-0.05, 0) is 80.1 Å². The number of rotatable bonds is 15. The van der Waals surface area contributed by atoms with Crippen molar-refractivity contribution in [2.45, 2.75) is 83.8 Å². The van der Waals surface area contributed by atoms with E-state index in [1.54, 1.807) is 4.90 Å². The molecule has 0 unspecified atom stereocenters. The second-order valence-electron chi connectivity index (χ2n) is 11.6. The molecule has 2 aromatic rings. The number of ether oxygens (including phenoxy) is 1. The van der Waals surface area contributed by atoms with Crippen LogP contribution in [0, 0.1) is 23.7 Å². The molecule has 0 radical (unpaired) electrons. The molecule has 2 fully saturated rings. The molecule has 1 amide bonds. The van der Waals surface area contributed by atoms with Crippen LogP contribution in [0.15, 0.2) is 72.5 Å². The van der Waals surface area contributed by atoms with Gasteiger partial charge in [-0.25, -0.2) is 0 Å². The first-order valence-corrected chi connectivity index (χ1v) is 15.1. The number of hydrogen-bond donors (Lipinski definition) is 2. The van der Waals surface area contributed by atoms with Crippen LogP contribution in [0.1, 0.15) is 76.7 Å². The van der Waals surface area contributed by atoms with Crippen LogP contribution in [-0.4, -0.2) is 35.4 Å². The molecule has 0 saturated heterocycles. The molecule has 0 bridgehead atoms. The van der Waals surface area contributed by atoms with Gasteiger partial charge in [0.1, 0.15) is 6.61 Å². The minimum Gasteiger partial charge on any atom is -0.512 e. The average molecular weight is 534 g/mol. The molecule has 5 heteroatoms. The summed E-state index contributed by atoms with van der Waals surface area (Å²) in [7, 11) is 0. The second kappa shape index (κ2) is 15.2. The third-order valence-corrected chi connectivity index (χ3v) is 8.72. The molecular weight excluding hydrogens is 486 g/mol. The standard InChI is InChI=1S/C34H47NO4/c1-2-3-4-5-6-13-18-31(36)34-30-22-27(21-28(30)23-32(34)37)19-20-39-25-33(38)35(29-16-11-8-12-17-29)24-26-14-9-7-10-15-26/h7-12,14-18,27-28,30,32,34,36-37H,2-6,13,19-25H2,1H3/t27-,28-,30+,32-,34+/m0/s1. The smallest absolute Gasteiger partial charge is 0.253 e. The van der Waals surface area contributed by atoms with Crippen LogP contribution >= 0.6 is 0 Å². The Bertz CT molecular complexity index is 1020. The highest BCUT2D eigenvalue weighted by atomic mass is 16.5. The summed E-state index contributed by atoms with van der Waals surface area (Å²) in [5.41, 5.74) is 1.95. The van der Waals surface area contributed by atoms with E-state index in [9.17, 15) is 15.0 Å². The SMILES string of the molecule is CCCCCCCC=C(O)[C@H]1[C@@H]2C[C@@H](CCOCC(=O)N(Cc3ccccc3)c3ccccc3)C[C@H]2C[C@@H]1O. The molecule has 0 spiro atoms. The van der Waals surface area contributed by atoms with Crippen molar-refractivity contribution in [2.75, 3.05) is 18.1 Å². The largest absolute Gasteiger partial charge is 0.512 e. The molecule has 2 saturated carbocycles. The van der Waals surface area contributed by atoms with Crippen LogP contribution in [-0.2, 0) is 16.1 Å². The fourth-order valence-electron chi connectivity index (χ4n) is 6.70. The van der Waals surface area contributed by atoms with Crippen molar-refractivity contribution in [2.24, 2.45) is 23.7 Å². The zero-order chi connectivity index (χ0) is 27.5. The lowest BCUT2D eigenvalue weighted by atomic mass is 9.88. The number of nitrogens with zero attached hydrogens (tertiary/aromatic N) is 1. The Morgan fingerprint density at radius 2 is 1.69 bits per heavy atom. The maximum Gasteiger partial charge on any atom is 0.253 e. The minimum absolute atomic E-state index is 0.0405. The molecule has 0 aliphatic heterocycles. The molecule has 2 aromatic carbocycles. The van der Waals surface area contributed by atoms with Gasteiger partial charge in [-0.3, -0.25) is 4.79 Å². The number of aliphatic hydroxyl groups excluding tert-OH is 2. The van der Waals surface area contributed by atoms with Crippen LogP contribution in [0.4, 0.5) is 5.69 Å². The number of anilines is 1. The third kappa shape index (κ3) is 8.43. The number of para-hydroxylation sites is 1. The van der Waals surface area contributed by atoms with Gasteiger partial charge < -0.3 is 19.8 Å². The molecule has 39 heavy (non-hydrogen) atoms. The van der Waals surface area contributed by atoms with Crippen molar-refractivity contribution in [3.63, 3.8) is 0 Å². The predicted molar refractivity (Wildman–Crippen MR) is 157 cm³/mol. The summed E-state index contributed by atoms with van der Waals surface area (Å²) >= 11 is 0. The first-order chi connectivity index (χ1) is 19.1. The van der Waals surface area contributed by atoms with E-state index in [0.717, 1.165) is 49.8 Å². The van der Waals surface area contributed by atoms with Gasteiger partial charge in [0.15, 0.2) is 0 Å². The fraction of sp³-hybridized carbons (Fsp3) is 0.559. The molecular formula is C34H47NO4. The third-order valence-electron chi connectivity index (χ3n) is 8.72. The van der Waals surface area contributed by atoms with E-state index in [-0.39, 0.29) is 18.4 Å². The summed E-state index contributed by atoms with van der Waals surface area (Å²) in [5, 5.41) is 21.5. The highest BCUT2D eigenvalue weighted by molar-refractivity contribution is 5.94. The number of unbranched alkanes of at least 4 members (excludes halogenated alkanes) is 5. The van der Waals surface area contributed by atoms with Crippen LogP contribution in [0.2, 0.25) is 0 Å². The Kier molecular flexibility index (Phi) is 11.5. The fourth-order valence-corrected chi connectivity index (χ4v) is 6.70. The summed E-state index contributed by atoms with van der Waals surface area (Å²) in [6.07, 6.45) is 12.3. The molecule has 4 rings (SSSR count). The van der Waals surface area contributed by atoms with Gasteiger partial charge in [-0.2, -0.15) is 0 Å². The Balaban J connectivity index is 1.22. The highest BCUT2D eigenvalue weighted by Gasteiger charge is 2.49. The predicted octanol–water partition coefficient (Wildman–Crippen LogP) is 7.45. The number of amides is 1. The van der Waals surface area contributed by atoms with Gasteiger partial charge in [0.05, 0.1) is 18.4 Å². The van der Waals surface area contributed by atoms with Gasteiger partial charge in [0.25, 0.3) is 5.91 Å². The number of carbonyl (C=O) groups is 1. The van der Waals surface area contributed by atoms with E-state index >= 15 is 0 Å². The minimum atomic E-state index is -0.431. The number of hydrogen-bond acceptors (Lipinski definition) is 4. The average Bonchev–Trinajstić information content (AvgIpc) is 3.48. The van der Waals surface area contributed by atoms with Crippen molar-refractivity contribution in [1.29, 1.82) is 0 Å². The van der Waals surface area contributed by atoms with E-state index in [1.807, 2.05) is 66.7 Å². The van der Waals surface area contributed by atoms with Gasteiger partial charge >= 0.3 is 0 Å². The topological polar surface area (TPSA) is 70.0 Å². The maximum atomic E-state index is 13.2. The van der Waals surface area contributed by atoms with Crippen LogP contribution < -0.4 is 4.90 Å². The zero-order valence-electron chi connectivity index (χ0n) is 23.6. The Labute approximate surface area is 234 Å². The number of aliphatic hydroxyl groups is 2. The van der Waals surface area contributed by atoms with Crippen molar-refractivity contribution in [3.05, 3.63) is 78.1 Å². The van der Waals surface area contributed by atoms with E-state index < -0.39 is 6.10 Å². The van der Waals surface area contributed by atoms with Gasteiger partial charge in [0, 0.05) is 18.2 Å². The Morgan fingerprint density at radius 1 is 0.974 bits per heavy atom. The van der Waals surface area contributed by atoms with Crippen molar-refractivity contribution >= 4 is 11.6 Å². The number of benzene rings is 2. The van der Waals surface area contributed by atoms with Gasteiger partial charge in [-0.1, -0.05) is 81.1 Å². The summed E-state index contributed by atoms with van der Waals surface area (Å²) in [6, 6.07) is 19.8. The van der Waals surface area contributed by atoms with Crippen LogP contribution in [0.25, 0.3) is 0 Å². The molecule has 5 nitrogen and oxygen atoms in total. The van der Waals surface area contributed by atoms with Crippen LogP contribution in [0.5, 0.6) is 0 Å². The molecule has 5 atom stereocenters. The van der Waals surface area contributed by atoms with Crippen LogP contribution in [0.3, 0.4) is 0 Å². The van der Waals surface area contributed by atoms with E-state index in [0.29, 0.717) is 36.7 Å². The quantitative estimate of drug-likeness (QED) is 0.184.